The number of benzene rings is 1. The molecule has 0 radical (unpaired) electrons. The molecule has 0 aliphatic rings. The normalized spacial score (nSPS) is 12.8. The molecule has 0 saturated carbocycles. The molecule has 3 aromatic rings. The zero-order chi connectivity index (χ0) is 17.7. The molecular formula is C18H19NO3S3. The molecule has 1 atom stereocenters. The number of hydrogen-bond acceptors (Lipinski definition) is 5. The molecule has 2 heterocycles. The average molecular weight is 394 g/mol. The van der Waals surface area contributed by atoms with Crippen LogP contribution in [0.15, 0.2) is 58.6 Å². The number of ether oxygens (including phenoxy) is 1. The Morgan fingerprint density at radius 1 is 1.12 bits per heavy atom. The van der Waals surface area contributed by atoms with Gasteiger partial charge in [0.2, 0.25) is 10.0 Å². The highest BCUT2D eigenvalue weighted by atomic mass is 32.2. The first-order valence-electron chi connectivity index (χ1n) is 7.76. The Bertz CT molecular complexity index is 836. The van der Waals surface area contributed by atoms with Crippen LogP contribution in [0.2, 0.25) is 0 Å². The van der Waals surface area contributed by atoms with Gasteiger partial charge in [-0.1, -0.05) is 18.2 Å². The van der Waals surface area contributed by atoms with Gasteiger partial charge in [-0.05, 0) is 58.0 Å². The van der Waals surface area contributed by atoms with Gasteiger partial charge < -0.3 is 4.74 Å². The summed E-state index contributed by atoms with van der Waals surface area (Å²) in [5.74, 6) is 0.811. The Morgan fingerprint density at radius 3 is 2.52 bits per heavy atom. The third-order valence-corrected chi connectivity index (χ3v) is 6.80. The van der Waals surface area contributed by atoms with E-state index in [2.05, 4.69) is 4.72 Å². The van der Waals surface area contributed by atoms with Crippen molar-refractivity contribution in [3.63, 3.8) is 0 Å². The van der Waals surface area contributed by atoms with Crippen LogP contribution in [0.25, 0.3) is 0 Å². The van der Waals surface area contributed by atoms with Crippen molar-refractivity contribution >= 4 is 32.7 Å². The first kappa shape index (κ1) is 18.1. The van der Waals surface area contributed by atoms with Crippen molar-refractivity contribution in [3.8, 4) is 5.75 Å². The Labute approximate surface area is 156 Å². The van der Waals surface area contributed by atoms with Crippen LogP contribution in [0.5, 0.6) is 5.75 Å². The second kappa shape index (κ2) is 8.14. The van der Waals surface area contributed by atoms with Crippen LogP contribution >= 0.6 is 22.7 Å². The number of aryl methyl sites for hydroxylation is 1. The number of rotatable bonds is 8. The van der Waals surface area contributed by atoms with Crippen LogP contribution in [0.3, 0.4) is 0 Å². The van der Waals surface area contributed by atoms with E-state index in [1.165, 1.54) is 0 Å². The molecule has 0 aliphatic heterocycles. The lowest BCUT2D eigenvalue weighted by molar-refractivity contribution is 0.414. The summed E-state index contributed by atoms with van der Waals surface area (Å²) in [7, 11) is -1.81. The largest absolute Gasteiger partial charge is 0.497 e. The maximum absolute atomic E-state index is 12.6. The fourth-order valence-electron chi connectivity index (χ4n) is 2.47. The molecule has 0 bridgehead atoms. The van der Waals surface area contributed by atoms with E-state index >= 15 is 0 Å². The Balaban J connectivity index is 1.70. The lowest BCUT2D eigenvalue weighted by atomic mass is 10.1. The molecule has 4 nitrogen and oxygen atoms in total. The average Bonchev–Trinajstić information content (AvgIpc) is 3.32. The predicted molar refractivity (Wildman–Crippen MR) is 104 cm³/mol. The van der Waals surface area contributed by atoms with Gasteiger partial charge in [0.05, 0.1) is 18.9 Å². The number of thiophene rings is 2. The molecular weight excluding hydrogens is 374 g/mol. The van der Waals surface area contributed by atoms with Gasteiger partial charge in [-0.3, -0.25) is 0 Å². The molecule has 0 aliphatic carbocycles. The van der Waals surface area contributed by atoms with Crippen molar-refractivity contribution in [1.82, 2.24) is 4.72 Å². The van der Waals surface area contributed by atoms with Crippen LogP contribution in [0.1, 0.15) is 22.0 Å². The van der Waals surface area contributed by atoms with E-state index in [0.29, 0.717) is 6.42 Å². The van der Waals surface area contributed by atoms with Crippen LogP contribution in [0.4, 0.5) is 0 Å². The first-order chi connectivity index (χ1) is 12.1. The van der Waals surface area contributed by atoms with Crippen LogP contribution in [-0.4, -0.2) is 21.3 Å². The minimum Gasteiger partial charge on any atom is -0.497 e. The minimum absolute atomic E-state index is 0.0470. The number of hydrogen-bond donors (Lipinski definition) is 1. The van der Waals surface area contributed by atoms with E-state index in [9.17, 15) is 8.42 Å². The Kier molecular flexibility index (Phi) is 5.90. The molecule has 0 amide bonds. The third-order valence-electron chi connectivity index (χ3n) is 3.82. The van der Waals surface area contributed by atoms with E-state index in [1.54, 1.807) is 29.8 Å². The summed E-state index contributed by atoms with van der Waals surface area (Å²) in [6.07, 6.45) is 0.458. The number of nitrogens with one attached hydrogen (secondary N) is 1. The highest BCUT2D eigenvalue weighted by Crippen LogP contribution is 2.28. The van der Waals surface area contributed by atoms with E-state index in [1.807, 2.05) is 58.6 Å². The van der Waals surface area contributed by atoms with Crippen molar-refractivity contribution in [2.45, 2.75) is 12.5 Å². The molecule has 1 N–H and O–H groups in total. The standard InChI is InChI=1S/C18H19NO3S3/c1-22-16-6-4-14(5-7-16)9-12-25(20,21)19-18(15-8-11-23-13-15)17-3-2-10-24-17/h2-8,10-11,13,18-19H,9,12H2,1H3/t18-/m0/s1. The minimum atomic E-state index is -3.42. The van der Waals surface area contributed by atoms with E-state index in [4.69, 9.17) is 4.74 Å². The fraction of sp³-hybridized carbons (Fsp3) is 0.222. The molecule has 25 heavy (non-hydrogen) atoms. The molecule has 3 rings (SSSR count). The van der Waals surface area contributed by atoms with Crippen molar-refractivity contribution in [1.29, 1.82) is 0 Å². The third kappa shape index (κ3) is 4.92. The Hall–Kier alpha value is -1.67. The predicted octanol–water partition coefficient (Wildman–Crippen LogP) is 4.07. The lowest BCUT2D eigenvalue weighted by Gasteiger charge is -2.17. The molecule has 132 valence electrons. The summed E-state index contributed by atoms with van der Waals surface area (Å²) in [5.41, 5.74) is 1.94. The second-order valence-corrected chi connectivity index (χ2v) is 9.17. The summed E-state index contributed by atoms with van der Waals surface area (Å²) in [5, 5.41) is 5.90. The molecule has 2 aromatic heterocycles. The summed E-state index contributed by atoms with van der Waals surface area (Å²) < 4.78 is 33.2. The molecule has 1 aromatic carbocycles. The highest BCUT2D eigenvalue weighted by molar-refractivity contribution is 7.89. The van der Waals surface area contributed by atoms with E-state index < -0.39 is 10.0 Å². The van der Waals surface area contributed by atoms with E-state index in [-0.39, 0.29) is 11.8 Å². The summed E-state index contributed by atoms with van der Waals surface area (Å²) in [4.78, 5) is 0.992. The van der Waals surface area contributed by atoms with Gasteiger partial charge in [-0.25, -0.2) is 13.1 Å². The van der Waals surface area contributed by atoms with Crippen molar-refractivity contribution < 1.29 is 13.2 Å². The lowest BCUT2D eigenvalue weighted by Crippen LogP contribution is -2.31. The second-order valence-electron chi connectivity index (χ2n) is 5.54. The maximum Gasteiger partial charge on any atom is 0.212 e. The molecule has 0 fully saturated rings. The molecule has 0 spiro atoms. The van der Waals surface area contributed by atoms with Crippen LogP contribution in [-0.2, 0) is 16.4 Å². The monoisotopic (exact) mass is 393 g/mol. The number of methoxy groups -OCH3 is 1. The topological polar surface area (TPSA) is 55.4 Å². The summed E-state index contributed by atoms with van der Waals surface area (Å²) >= 11 is 3.12. The van der Waals surface area contributed by atoms with Gasteiger partial charge in [0.15, 0.2) is 0 Å². The summed E-state index contributed by atoms with van der Waals surface area (Å²) in [6.45, 7) is 0. The zero-order valence-electron chi connectivity index (χ0n) is 13.7. The van der Waals surface area contributed by atoms with Gasteiger partial charge in [-0.2, -0.15) is 11.3 Å². The van der Waals surface area contributed by atoms with E-state index in [0.717, 1.165) is 21.8 Å². The zero-order valence-corrected chi connectivity index (χ0v) is 16.2. The highest BCUT2D eigenvalue weighted by Gasteiger charge is 2.22. The van der Waals surface area contributed by atoms with Gasteiger partial charge >= 0.3 is 0 Å². The van der Waals surface area contributed by atoms with Gasteiger partial charge in [0.25, 0.3) is 0 Å². The first-order valence-corrected chi connectivity index (χ1v) is 11.2. The van der Waals surface area contributed by atoms with Crippen molar-refractivity contribution in [3.05, 3.63) is 74.6 Å². The van der Waals surface area contributed by atoms with Crippen LogP contribution in [0, 0.1) is 0 Å². The molecule has 0 saturated heterocycles. The number of sulfonamides is 1. The SMILES string of the molecule is COc1ccc(CCS(=O)(=O)N[C@@H](c2ccsc2)c2cccs2)cc1. The van der Waals surface area contributed by atoms with Crippen LogP contribution < -0.4 is 9.46 Å². The summed E-state index contributed by atoms with van der Waals surface area (Å²) in [6, 6.07) is 13.0. The van der Waals surface area contributed by atoms with Gasteiger partial charge in [0.1, 0.15) is 5.75 Å². The van der Waals surface area contributed by atoms with Crippen molar-refractivity contribution in [2.24, 2.45) is 0 Å². The molecule has 7 heteroatoms. The Morgan fingerprint density at radius 2 is 1.92 bits per heavy atom. The maximum atomic E-state index is 12.6. The van der Waals surface area contributed by atoms with Gasteiger partial charge in [0, 0.05) is 4.88 Å². The van der Waals surface area contributed by atoms with Gasteiger partial charge in [-0.15, -0.1) is 11.3 Å². The smallest absolute Gasteiger partial charge is 0.212 e. The fourth-order valence-corrected chi connectivity index (χ4v) is 5.28. The quantitative estimate of drug-likeness (QED) is 0.628. The van der Waals surface area contributed by atoms with Crippen molar-refractivity contribution in [2.75, 3.05) is 12.9 Å². The molecule has 0 unspecified atom stereocenters.